The van der Waals surface area contributed by atoms with Gasteiger partial charge in [0.2, 0.25) is 0 Å². The smallest absolute Gasteiger partial charge is 0.252 e. The summed E-state index contributed by atoms with van der Waals surface area (Å²) in [6.45, 7) is 4.01. The Hall–Kier alpha value is -2.26. The molecule has 3 aromatic heterocycles. The zero-order chi connectivity index (χ0) is 22.8. The van der Waals surface area contributed by atoms with Crippen molar-refractivity contribution in [3.05, 3.63) is 63.3 Å². The first-order chi connectivity index (χ1) is 16.1. The van der Waals surface area contributed by atoms with Gasteiger partial charge in [-0.25, -0.2) is 4.98 Å². The van der Waals surface area contributed by atoms with Crippen LogP contribution in [0.5, 0.6) is 0 Å². The van der Waals surface area contributed by atoms with E-state index in [2.05, 4.69) is 20.2 Å². The van der Waals surface area contributed by atoms with Crippen molar-refractivity contribution in [2.45, 2.75) is 43.3 Å². The highest BCUT2D eigenvalue weighted by Gasteiger charge is 2.22. The Balaban J connectivity index is 1.14. The summed E-state index contributed by atoms with van der Waals surface area (Å²) in [6.07, 6.45) is 4.19. The molecule has 172 valence electrons. The fourth-order valence-corrected chi connectivity index (χ4v) is 5.69. The molecule has 5 rings (SSSR count). The maximum Gasteiger partial charge on any atom is 0.252 e. The van der Waals surface area contributed by atoms with Crippen LogP contribution in [0.15, 0.2) is 46.2 Å². The predicted molar refractivity (Wildman–Crippen MR) is 131 cm³/mol. The molecule has 2 aliphatic heterocycles. The van der Waals surface area contributed by atoms with Gasteiger partial charge in [0.05, 0.1) is 28.6 Å². The molecule has 9 heteroatoms. The second-order valence-electron chi connectivity index (χ2n) is 8.60. The van der Waals surface area contributed by atoms with E-state index in [1.165, 1.54) is 11.8 Å². The van der Waals surface area contributed by atoms with E-state index >= 15 is 0 Å². The van der Waals surface area contributed by atoms with E-state index in [1.54, 1.807) is 16.8 Å². The number of carbonyl (C=O) groups excluding carboxylic acids is 1. The van der Waals surface area contributed by atoms with Crippen LogP contribution in [0.25, 0.3) is 11.0 Å². The van der Waals surface area contributed by atoms with E-state index in [0.717, 1.165) is 59.8 Å². The largest absolute Gasteiger partial charge is 0.308 e. The number of likely N-dealkylation sites (tertiary alicyclic amines) is 1. The number of hydrogen-bond acceptors (Lipinski definition) is 7. The normalized spacial score (nSPS) is 17.4. The lowest BCUT2D eigenvalue weighted by atomic mass is 10.0. The minimum absolute atomic E-state index is 0.00715. The number of piperidine rings is 1. The molecule has 0 bridgehead atoms. The maximum atomic E-state index is 12.4. The summed E-state index contributed by atoms with van der Waals surface area (Å²) in [5.41, 5.74) is 2.41. The summed E-state index contributed by atoms with van der Waals surface area (Å²) in [6, 6.07) is 9.67. The molecule has 0 spiro atoms. The van der Waals surface area contributed by atoms with Gasteiger partial charge < -0.3 is 10.2 Å². The summed E-state index contributed by atoms with van der Waals surface area (Å²) < 4.78 is 1.77. The molecule has 2 aliphatic rings. The van der Waals surface area contributed by atoms with Crippen LogP contribution >= 0.6 is 23.4 Å². The molecular formula is C24H26ClN5O2S. The number of carbonyl (C=O) groups is 1. The SMILES string of the molecule is O=C1CSc2cc(Cl)c(CNC3CCN(CCn4c(=O)ccc5cccnc54)CC3)nc2C1. The molecule has 7 nitrogen and oxygen atoms in total. The summed E-state index contributed by atoms with van der Waals surface area (Å²) in [4.78, 5) is 36.6. The third kappa shape index (κ3) is 5.14. The van der Waals surface area contributed by atoms with Gasteiger partial charge >= 0.3 is 0 Å². The highest BCUT2D eigenvalue weighted by atomic mass is 35.5. The van der Waals surface area contributed by atoms with Crippen LogP contribution < -0.4 is 10.9 Å². The van der Waals surface area contributed by atoms with Crippen molar-refractivity contribution < 1.29 is 4.79 Å². The Morgan fingerprint density at radius 3 is 2.85 bits per heavy atom. The molecule has 0 aromatic carbocycles. The lowest BCUT2D eigenvalue weighted by molar-refractivity contribution is -0.116. The number of hydrogen-bond donors (Lipinski definition) is 1. The molecule has 1 N–H and O–H groups in total. The first-order valence-corrected chi connectivity index (χ1v) is 12.7. The minimum atomic E-state index is -0.00715. The van der Waals surface area contributed by atoms with Crippen molar-refractivity contribution in [1.82, 2.24) is 24.8 Å². The van der Waals surface area contributed by atoms with Crippen molar-refractivity contribution in [1.29, 1.82) is 0 Å². The monoisotopic (exact) mass is 483 g/mol. The molecule has 1 saturated heterocycles. The molecule has 5 heterocycles. The number of nitrogens with zero attached hydrogens (tertiary/aromatic N) is 4. The van der Waals surface area contributed by atoms with Crippen molar-refractivity contribution in [3.63, 3.8) is 0 Å². The molecule has 0 amide bonds. The Kier molecular flexibility index (Phi) is 6.78. The highest BCUT2D eigenvalue weighted by Crippen LogP contribution is 2.31. The molecule has 1 fully saturated rings. The fourth-order valence-electron chi connectivity index (χ4n) is 4.50. The first-order valence-electron chi connectivity index (χ1n) is 11.3. The van der Waals surface area contributed by atoms with Crippen LogP contribution in [-0.2, 0) is 24.3 Å². The Morgan fingerprint density at radius 2 is 2.00 bits per heavy atom. The zero-order valence-electron chi connectivity index (χ0n) is 18.3. The third-order valence-corrected chi connectivity index (χ3v) is 7.83. The number of aromatic nitrogens is 3. The van der Waals surface area contributed by atoms with Crippen molar-refractivity contribution in [3.8, 4) is 0 Å². The van der Waals surface area contributed by atoms with E-state index in [-0.39, 0.29) is 11.3 Å². The molecule has 33 heavy (non-hydrogen) atoms. The van der Waals surface area contributed by atoms with Gasteiger partial charge in [0.1, 0.15) is 11.4 Å². The average Bonchev–Trinajstić information content (AvgIpc) is 2.83. The molecule has 0 aliphatic carbocycles. The van der Waals surface area contributed by atoms with Crippen LogP contribution in [0.3, 0.4) is 0 Å². The maximum absolute atomic E-state index is 12.4. The number of Topliss-reactive ketones (excluding diaryl/α,β-unsaturated/α-hetero) is 1. The number of nitrogens with one attached hydrogen (secondary N) is 1. The Bertz CT molecular complexity index is 1240. The quantitative estimate of drug-likeness (QED) is 0.577. The topological polar surface area (TPSA) is 80.1 Å². The Labute approximate surface area is 201 Å². The van der Waals surface area contributed by atoms with Gasteiger partial charge in [-0.15, -0.1) is 11.8 Å². The minimum Gasteiger partial charge on any atom is -0.308 e. The van der Waals surface area contributed by atoms with Gasteiger partial charge in [0, 0.05) is 48.2 Å². The van der Waals surface area contributed by atoms with Crippen molar-refractivity contribution >= 4 is 40.2 Å². The molecule has 3 aromatic rings. The van der Waals surface area contributed by atoms with E-state index in [9.17, 15) is 9.59 Å². The van der Waals surface area contributed by atoms with Crippen molar-refractivity contribution in [2.75, 3.05) is 25.4 Å². The lowest BCUT2D eigenvalue weighted by Crippen LogP contribution is -2.43. The molecule has 0 unspecified atom stereocenters. The Morgan fingerprint density at radius 1 is 1.15 bits per heavy atom. The number of halogens is 1. The standard InChI is InChI=1S/C24H26ClN5O2S/c25-19-13-22-20(12-18(31)15-33-22)28-21(19)14-27-17-5-8-29(9-6-17)10-11-30-23(32)4-3-16-2-1-7-26-24(16)30/h1-4,7,13,17,27H,5-6,8-12,14-15H2. The second kappa shape index (κ2) is 9.93. The zero-order valence-corrected chi connectivity index (χ0v) is 19.9. The fraction of sp³-hybridized carbons (Fsp3) is 0.417. The summed E-state index contributed by atoms with van der Waals surface area (Å²) in [5, 5.41) is 5.24. The van der Waals surface area contributed by atoms with Crippen LogP contribution in [0.4, 0.5) is 0 Å². The van der Waals surface area contributed by atoms with Gasteiger partial charge in [-0.3, -0.25) is 19.1 Å². The summed E-state index contributed by atoms with van der Waals surface area (Å²) >= 11 is 7.97. The molecule has 0 saturated carbocycles. The van der Waals surface area contributed by atoms with E-state index in [1.807, 2.05) is 24.3 Å². The van der Waals surface area contributed by atoms with Crippen LogP contribution in [0.1, 0.15) is 24.2 Å². The van der Waals surface area contributed by atoms with Crippen LogP contribution in [0, 0.1) is 0 Å². The number of fused-ring (bicyclic) bond motifs is 2. The summed E-state index contributed by atoms with van der Waals surface area (Å²) in [7, 11) is 0. The van der Waals surface area contributed by atoms with Crippen LogP contribution in [0.2, 0.25) is 5.02 Å². The molecule has 0 radical (unpaired) electrons. The number of rotatable bonds is 6. The van der Waals surface area contributed by atoms with Gasteiger partial charge in [0.25, 0.3) is 5.56 Å². The predicted octanol–water partition coefficient (Wildman–Crippen LogP) is 2.92. The van der Waals surface area contributed by atoms with E-state index in [4.69, 9.17) is 11.6 Å². The average molecular weight is 484 g/mol. The van der Waals surface area contributed by atoms with Gasteiger partial charge in [0.15, 0.2) is 0 Å². The molecular weight excluding hydrogens is 458 g/mol. The van der Waals surface area contributed by atoms with Gasteiger partial charge in [-0.1, -0.05) is 11.6 Å². The second-order valence-corrected chi connectivity index (χ2v) is 10.0. The number of pyridine rings is 3. The third-order valence-electron chi connectivity index (χ3n) is 6.37. The summed E-state index contributed by atoms with van der Waals surface area (Å²) in [5.74, 6) is 0.724. The van der Waals surface area contributed by atoms with E-state index in [0.29, 0.717) is 36.3 Å². The van der Waals surface area contributed by atoms with Gasteiger partial charge in [-0.2, -0.15) is 0 Å². The van der Waals surface area contributed by atoms with Crippen molar-refractivity contribution in [2.24, 2.45) is 0 Å². The molecule has 0 atom stereocenters. The highest BCUT2D eigenvalue weighted by molar-refractivity contribution is 8.00. The number of ketones is 1. The van der Waals surface area contributed by atoms with Crippen LogP contribution in [-0.4, -0.2) is 56.6 Å². The van der Waals surface area contributed by atoms with E-state index < -0.39 is 0 Å². The first kappa shape index (κ1) is 22.5. The van der Waals surface area contributed by atoms with Gasteiger partial charge in [-0.05, 0) is 50.2 Å². The number of thioether (sulfide) groups is 1. The lowest BCUT2D eigenvalue weighted by Gasteiger charge is -2.32.